The molecule has 0 radical (unpaired) electrons. The number of aliphatic carboxylic acids is 1. The highest BCUT2D eigenvalue weighted by Gasteiger charge is 2.32. The van der Waals surface area contributed by atoms with Gasteiger partial charge in [0, 0.05) is 18.7 Å². The molecule has 0 saturated carbocycles. The molecule has 0 bridgehead atoms. The van der Waals surface area contributed by atoms with E-state index in [9.17, 15) is 40.3 Å². The van der Waals surface area contributed by atoms with Crippen molar-refractivity contribution in [1.82, 2.24) is 4.31 Å². The van der Waals surface area contributed by atoms with Gasteiger partial charge in [0.25, 0.3) is 0 Å². The normalized spacial score (nSPS) is 13.9. The monoisotopic (exact) mass is 529 g/mol. The van der Waals surface area contributed by atoms with Crippen molar-refractivity contribution in [1.29, 1.82) is 0 Å². The van der Waals surface area contributed by atoms with Crippen molar-refractivity contribution in [2.24, 2.45) is 0 Å². The van der Waals surface area contributed by atoms with Crippen LogP contribution < -0.4 is 4.74 Å². The molecule has 2 unspecified atom stereocenters. The average Bonchev–Trinajstić information content (AvgIpc) is 2.83. The van der Waals surface area contributed by atoms with Gasteiger partial charge in [-0.3, -0.25) is 0 Å². The van der Waals surface area contributed by atoms with E-state index in [2.05, 4.69) is 0 Å². The summed E-state index contributed by atoms with van der Waals surface area (Å²) in [6, 6.07) is 10.8. The SMILES string of the molecule is CC(c1ccc(OC(C(=O)O)c2cccc(C(F)(F)F)c2)cc1)N(C)S(=O)(=O)c1ccc(F)c(F)c1. The third-order valence-corrected chi connectivity index (χ3v) is 7.40. The smallest absolute Gasteiger partial charge is 0.416 e. The van der Waals surface area contributed by atoms with Crippen molar-refractivity contribution in [2.75, 3.05) is 7.05 Å². The van der Waals surface area contributed by atoms with Crippen LogP contribution >= 0.6 is 0 Å². The number of rotatable bonds is 8. The summed E-state index contributed by atoms with van der Waals surface area (Å²) in [5.74, 6) is -4.00. The summed E-state index contributed by atoms with van der Waals surface area (Å²) in [6.07, 6.45) is -6.39. The number of hydrogen-bond acceptors (Lipinski definition) is 4. The molecule has 192 valence electrons. The van der Waals surface area contributed by atoms with Gasteiger partial charge in [-0.25, -0.2) is 22.0 Å². The molecule has 3 rings (SSSR count). The molecule has 0 amide bonds. The Bertz CT molecular complexity index is 1360. The second-order valence-electron chi connectivity index (χ2n) is 7.80. The van der Waals surface area contributed by atoms with Crippen LogP contribution in [0.2, 0.25) is 0 Å². The average molecular weight is 529 g/mol. The van der Waals surface area contributed by atoms with E-state index in [1.165, 1.54) is 44.3 Å². The van der Waals surface area contributed by atoms with Crippen molar-refractivity contribution in [2.45, 2.75) is 30.1 Å². The molecule has 2 atom stereocenters. The third kappa shape index (κ3) is 5.82. The lowest BCUT2D eigenvalue weighted by atomic mass is 10.1. The van der Waals surface area contributed by atoms with Crippen LogP contribution in [0.25, 0.3) is 0 Å². The Morgan fingerprint density at radius 1 is 0.944 bits per heavy atom. The quantitative estimate of drug-likeness (QED) is 0.386. The fraction of sp³-hybridized carbons (Fsp3) is 0.208. The van der Waals surface area contributed by atoms with E-state index in [0.717, 1.165) is 22.5 Å². The van der Waals surface area contributed by atoms with Gasteiger partial charge >= 0.3 is 12.1 Å². The Morgan fingerprint density at radius 3 is 2.14 bits per heavy atom. The highest BCUT2D eigenvalue weighted by molar-refractivity contribution is 7.89. The first kappa shape index (κ1) is 27.1. The van der Waals surface area contributed by atoms with Crippen molar-refractivity contribution < 1.29 is 45.0 Å². The molecule has 0 fully saturated rings. The fourth-order valence-electron chi connectivity index (χ4n) is 3.32. The summed E-state index contributed by atoms with van der Waals surface area (Å²) >= 11 is 0. The third-order valence-electron chi connectivity index (χ3n) is 5.47. The van der Waals surface area contributed by atoms with Crippen LogP contribution in [0.15, 0.2) is 71.6 Å². The Morgan fingerprint density at radius 2 is 1.58 bits per heavy atom. The molecule has 0 spiro atoms. The number of nitrogens with zero attached hydrogens (tertiary/aromatic N) is 1. The van der Waals surface area contributed by atoms with Crippen LogP contribution in [0, 0.1) is 11.6 Å². The zero-order valence-electron chi connectivity index (χ0n) is 18.8. The van der Waals surface area contributed by atoms with Crippen LogP contribution in [-0.2, 0) is 21.0 Å². The van der Waals surface area contributed by atoms with E-state index < -0.39 is 56.4 Å². The first-order valence-electron chi connectivity index (χ1n) is 10.3. The maximum Gasteiger partial charge on any atom is 0.416 e. The number of carboxylic acids is 1. The van der Waals surface area contributed by atoms with E-state index >= 15 is 0 Å². The van der Waals surface area contributed by atoms with Crippen LogP contribution in [-0.4, -0.2) is 30.8 Å². The Hall–Kier alpha value is -3.51. The number of carboxylic acid groups (broad SMARTS) is 1. The number of hydrogen-bond donors (Lipinski definition) is 1. The van der Waals surface area contributed by atoms with Gasteiger partial charge in [-0.2, -0.15) is 17.5 Å². The molecule has 3 aromatic rings. The van der Waals surface area contributed by atoms with E-state index in [-0.39, 0.29) is 11.3 Å². The molecule has 0 aromatic heterocycles. The number of benzene rings is 3. The number of carbonyl (C=O) groups is 1. The maximum atomic E-state index is 13.5. The number of ether oxygens (including phenoxy) is 1. The molecule has 12 heteroatoms. The summed E-state index contributed by atoms with van der Waals surface area (Å²) < 4.78 is 97.7. The Balaban J connectivity index is 1.81. The van der Waals surface area contributed by atoms with Gasteiger partial charge in [0.15, 0.2) is 11.6 Å². The number of alkyl halides is 3. The first-order chi connectivity index (χ1) is 16.7. The largest absolute Gasteiger partial charge is 0.478 e. The summed E-state index contributed by atoms with van der Waals surface area (Å²) in [4.78, 5) is 11.2. The standard InChI is InChI=1S/C24H20F5NO5S/c1-14(30(2)36(33,34)19-10-11-20(25)21(26)13-19)15-6-8-18(9-7-15)35-22(23(31)32)16-4-3-5-17(12-16)24(27,28)29/h3-14,22H,1-2H3,(H,31,32). The molecular weight excluding hydrogens is 509 g/mol. The van der Waals surface area contributed by atoms with Crippen molar-refractivity contribution in [3.8, 4) is 5.75 Å². The molecule has 36 heavy (non-hydrogen) atoms. The van der Waals surface area contributed by atoms with Crippen molar-refractivity contribution in [3.63, 3.8) is 0 Å². The lowest BCUT2D eigenvalue weighted by molar-refractivity contribution is -0.146. The minimum absolute atomic E-state index is 0.0156. The number of sulfonamides is 1. The minimum Gasteiger partial charge on any atom is -0.478 e. The van der Waals surface area contributed by atoms with E-state index in [1.54, 1.807) is 0 Å². The molecule has 3 aromatic carbocycles. The highest BCUT2D eigenvalue weighted by atomic mass is 32.2. The maximum absolute atomic E-state index is 13.5. The molecule has 0 aliphatic heterocycles. The molecule has 0 aliphatic carbocycles. The molecule has 0 heterocycles. The lowest BCUT2D eigenvalue weighted by Gasteiger charge is -2.25. The minimum atomic E-state index is -4.66. The Kier molecular flexibility index (Phi) is 7.70. The van der Waals surface area contributed by atoms with Crippen LogP contribution in [0.5, 0.6) is 5.75 Å². The van der Waals surface area contributed by atoms with E-state index in [1.807, 2.05) is 0 Å². The van der Waals surface area contributed by atoms with Gasteiger partial charge in [0.1, 0.15) is 5.75 Å². The van der Waals surface area contributed by atoms with Gasteiger partial charge < -0.3 is 9.84 Å². The van der Waals surface area contributed by atoms with Crippen molar-refractivity contribution >= 4 is 16.0 Å². The summed E-state index contributed by atoms with van der Waals surface area (Å²) in [5.41, 5.74) is -0.793. The van der Waals surface area contributed by atoms with Gasteiger partial charge in [-0.05, 0) is 55.0 Å². The molecular formula is C24H20F5NO5S. The molecule has 0 aliphatic rings. The topological polar surface area (TPSA) is 83.9 Å². The predicted octanol–water partition coefficient (Wildman–Crippen LogP) is 5.57. The summed E-state index contributed by atoms with van der Waals surface area (Å²) in [6.45, 7) is 1.54. The summed E-state index contributed by atoms with van der Waals surface area (Å²) in [5, 5.41) is 9.50. The Labute approximate surface area is 203 Å². The second-order valence-corrected chi connectivity index (χ2v) is 9.80. The van der Waals surface area contributed by atoms with Gasteiger partial charge in [0.05, 0.1) is 10.5 Å². The zero-order chi connectivity index (χ0) is 26.8. The fourth-order valence-corrected chi connectivity index (χ4v) is 4.68. The zero-order valence-corrected chi connectivity index (χ0v) is 19.6. The predicted molar refractivity (Wildman–Crippen MR) is 119 cm³/mol. The van der Waals surface area contributed by atoms with Crippen LogP contribution in [0.4, 0.5) is 22.0 Å². The molecule has 0 saturated heterocycles. The van der Waals surface area contributed by atoms with Gasteiger partial charge in [0.2, 0.25) is 16.1 Å². The summed E-state index contributed by atoms with van der Waals surface area (Å²) in [7, 11) is -2.94. The van der Waals surface area contributed by atoms with E-state index in [0.29, 0.717) is 23.8 Å². The molecule has 6 nitrogen and oxygen atoms in total. The first-order valence-corrected chi connectivity index (χ1v) is 11.8. The van der Waals surface area contributed by atoms with Crippen LogP contribution in [0.3, 0.4) is 0 Å². The molecule has 1 N–H and O–H groups in total. The lowest BCUT2D eigenvalue weighted by Crippen LogP contribution is -2.30. The van der Waals surface area contributed by atoms with Crippen molar-refractivity contribution in [3.05, 3.63) is 95.1 Å². The van der Waals surface area contributed by atoms with Gasteiger partial charge in [-0.15, -0.1) is 0 Å². The second kappa shape index (κ2) is 10.2. The number of halogens is 5. The van der Waals surface area contributed by atoms with E-state index in [4.69, 9.17) is 4.74 Å². The highest BCUT2D eigenvalue weighted by Crippen LogP contribution is 2.33. The van der Waals surface area contributed by atoms with Gasteiger partial charge in [-0.1, -0.05) is 24.3 Å². The van der Waals surface area contributed by atoms with Crippen LogP contribution in [0.1, 0.15) is 35.8 Å².